The van der Waals surface area contributed by atoms with Crippen LogP contribution in [-0.2, 0) is 20.9 Å². The predicted molar refractivity (Wildman–Crippen MR) is 97.9 cm³/mol. The zero-order chi connectivity index (χ0) is 20.4. The molecule has 0 aliphatic heterocycles. The Hall–Kier alpha value is -1.52. The maximum atomic E-state index is 12.8. The second-order valence-electron chi connectivity index (χ2n) is 5.81. The van der Waals surface area contributed by atoms with Gasteiger partial charge in [-0.25, -0.2) is 0 Å². The molecule has 0 bridgehead atoms. The molecule has 0 atom stereocenters. The third-order valence-electron chi connectivity index (χ3n) is 3.85. The van der Waals surface area contributed by atoms with Crippen LogP contribution in [0.3, 0.4) is 0 Å². The van der Waals surface area contributed by atoms with Crippen molar-refractivity contribution >= 4 is 35.6 Å². The first-order chi connectivity index (χ1) is 12.4. The van der Waals surface area contributed by atoms with Gasteiger partial charge in [0.25, 0.3) is 5.82 Å². The molecule has 0 radical (unpaired) electrons. The zero-order valence-corrected chi connectivity index (χ0v) is 16.7. The SMILES string of the molecule is CCc1cc(C2CC2)ccc1-n1nc(C(F)(F)F)nc1NC.O=S(=O)(Cl)Cl. The van der Waals surface area contributed by atoms with Gasteiger partial charge in [-0.15, -0.1) is 5.10 Å². The minimum absolute atomic E-state index is 0.0844. The van der Waals surface area contributed by atoms with Gasteiger partial charge in [-0.2, -0.15) is 31.3 Å². The summed E-state index contributed by atoms with van der Waals surface area (Å²) >= 11 is 0. The summed E-state index contributed by atoms with van der Waals surface area (Å²) < 4.78 is 58.0. The largest absolute Gasteiger partial charge is 0.453 e. The van der Waals surface area contributed by atoms with Gasteiger partial charge in [0.2, 0.25) is 5.95 Å². The van der Waals surface area contributed by atoms with Gasteiger partial charge in [-0.3, -0.25) is 0 Å². The van der Waals surface area contributed by atoms with Gasteiger partial charge in [-0.05, 0) is 42.4 Å². The van der Waals surface area contributed by atoms with Gasteiger partial charge >= 0.3 is 14.4 Å². The lowest BCUT2D eigenvalue weighted by Crippen LogP contribution is -2.09. The molecule has 1 aliphatic rings. The highest BCUT2D eigenvalue weighted by atomic mass is 36.0. The normalized spacial score (nSPS) is 14.5. The lowest BCUT2D eigenvalue weighted by molar-refractivity contribution is -0.144. The van der Waals surface area contributed by atoms with Gasteiger partial charge in [0.1, 0.15) is 0 Å². The highest BCUT2D eigenvalue weighted by Crippen LogP contribution is 2.41. The average Bonchev–Trinajstić information content (AvgIpc) is 3.30. The van der Waals surface area contributed by atoms with E-state index in [2.05, 4.69) is 42.8 Å². The van der Waals surface area contributed by atoms with Crippen molar-refractivity contribution in [1.29, 1.82) is 0 Å². The molecule has 1 aliphatic carbocycles. The van der Waals surface area contributed by atoms with Crippen LogP contribution in [-0.4, -0.2) is 30.2 Å². The van der Waals surface area contributed by atoms with Crippen LogP contribution >= 0.6 is 21.4 Å². The summed E-state index contributed by atoms with van der Waals surface area (Å²) in [5, 5.41) is 6.32. The Morgan fingerprint density at radius 3 is 2.33 bits per heavy atom. The molecule has 2 aromatic rings. The zero-order valence-electron chi connectivity index (χ0n) is 14.4. The monoisotopic (exact) mass is 444 g/mol. The average molecular weight is 445 g/mol. The van der Waals surface area contributed by atoms with Crippen molar-refractivity contribution in [2.45, 2.75) is 38.3 Å². The second-order valence-corrected chi connectivity index (χ2v) is 9.48. The number of anilines is 1. The van der Waals surface area contributed by atoms with Crippen molar-refractivity contribution in [3.63, 3.8) is 0 Å². The Morgan fingerprint density at radius 1 is 1.30 bits per heavy atom. The van der Waals surface area contributed by atoms with Gasteiger partial charge in [0, 0.05) is 28.4 Å². The van der Waals surface area contributed by atoms with Crippen molar-refractivity contribution in [3.05, 3.63) is 35.2 Å². The molecule has 1 saturated carbocycles. The molecule has 1 aromatic carbocycles. The summed E-state index contributed by atoms with van der Waals surface area (Å²) in [5.74, 6) is -0.448. The van der Waals surface area contributed by atoms with Crippen LogP contribution in [0.2, 0.25) is 0 Å². The molecular weight excluding hydrogens is 428 g/mol. The first-order valence-electron chi connectivity index (χ1n) is 7.93. The Balaban J connectivity index is 0.000000465. The topological polar surface area (TPSA) is 76.9 Å². The molecule has 0 unspecified atom stereocenters. The maximum absolute atomic E-state index is 12.8. The predicted octanol–water partition coefficient (Wildman–Crippen LogP) is 4.48. The van der Waals surface area contributed by atoms with Crippen LogP contribution in [0.25, 0.3) is 5.69 Å². The fraction of sp³-hybridized carbons (Fsp3) is 0.467. The first kappa shape index (κ1) is 21.8. The fourth-order valence-electron chi connectivity index (χ4n) is 2.53. The molecule has 0 amide bonds. The van der Waals surface area contributed by atoms with E-state index in [1.807, 2.05) is 19.1 Å². The molecule has 0 spiro atoms. The summed E-state index contributed by atoms with van der Waals surface area (Å²) in [7, 11) is 6.35. The van der Waals surface area contributed by atoms with Crippen molar-refractivity contribution in [3.8, 4) is 5.69 Å². The number of alkyl halides is 3. The minimum Gasteiger partial charge on any atom is -0.357 e. The summed E-state index contributed by atoms with van der Waals surface area (Å²) in [6.07, 6.45) is -1.46. The number of aryl methyl sites for hydroxylation is 1. The minimum atomic E-state index is -4.56. The van der Waals surface area contributed by atoms with Gasteiger partial charge in [0.05, 0.1) is 5.69 Å². The number of hydrogen-bond acceptors (Lipinski definition) is 5. The number of nitrogens with zero attached hydrogens (tertiary/aromatic N) is 3. The number of nitrogens with one attached hydrogen (secondary N) is 1. The van der Waals surface area contributed by atoms with Crippen molar-refractivity contribution < 1.29 is 21.6 Å². The Kier molecular flexibility index (Phi) is 6.64. The van der Waals surface area contributed by atoms with E-state index >= 15 is 0 Å². The molecule has 150 valence electrons. The lowest BCUT2D eigenvalue weighted by Gasteiger charge is -2.12. The molecule has 6 nitrogen and oxygen atoms in total. The smallest absolute Gasteiger partial charge is 0.357 e. The molecule has 1 N–H and O–H groups in total. The number of hydrogen-bond donors (Lipinski definition) is 1. The third kappa shape index (κ3) is 6.25. The van der Waals surface area contributed by atoms with E-state index in [4.69, 9.17) is 8.42 Å². The van der Waals surface area contributed by atoms with Crippen molar-refractivity contribution in [1.82, 2.24) is 14.8 Å². The Bertz CT molecular complexity index is 904. The van der Waals surface area contributed by atoms with E-state index in [0.717, 1.165) is 12.0 Å². The van der Waals surface area contributed by atoms with E-state index in [0.29, 0.717) is 11.6 Å². The van der Waals surface area contributed by atoms with E-state index in [-0.39, 0.29) is 5.95 Å². The molecule has 12 heteroatoms. The van der Waals surface area contributed by atoms with E-state index < -0.39 is 20.3 Å². The summed E-state index contributed by atoms with van der Waals surface area (Å²) in [6.45, 7) is 1.98. The highest BCUT2D eigenvalue weighted by molar-refractivity contribution is 8.31. The van der Waals surface area contributed by atoms with Crippen LogP contribution in [0.1, 0.15) is 42.6 Å². The molecule has 1 aromatic heterocycles. The van der Waals surface area contributed by atoms with E-state index in [1.165, 1.54) is 30.1 Å². The molecule has 1 heterocycles. The van der Waals surface area contributed by atoms with Crippen molar-refractivity contribution in [2.75, 3.05) is 12.4 Å². The fourth-order valence-corrected chi connectivity index (χ4v) is 2.53. The number of rotatable bonds is 4. The van der Waals surface area contributed by atoms with E-state index in [9.17, 15) is 13.2 Å². The third-order valence-corrected chi connectivity index (χ3v) is 3.85. The standard InChI is InChI=1S/C15H17F3N4.Cl2O2S/c1-3-9-8-11(10-4-5-10)6-7-12(9)22-14(19-2)20-13(21-22)15(16,17)18;1-5(2,3)4/h6-8,10H,3-5H2,1-2H3,(H,19,20,21);. The quantitative estimate of drug-likeness (QED) is 0.703. The number of halogens is 5. The highest BCUT2D eigenvalue weighted by Gasteiger charge is 2.37. The van der Waals surface area contributed by atoms with Crippen LogP contribution < -0.4 is 5.32 Å². The van der Waals surface area contributed by atoms with Crippen molar-refractivity contribution in [2.24, 2.45) is 0 Å². The van der Waals surface area contributed by atoms with Crippen LogP contribution in [0, 0.1) is 0 Å². The van der Waals surface area contributed by atoms with Crippen LogP contribution in [0.5, 0.6) is 0 Å². The molecule has 3 rings (SSSR count). The molecular formula is C15H17Cl2F3N4O2S. The summed E-state index contributed by atoms with van der Waals surface area (Å²) in [6, 6.07) is 5.88. The van der Waals surface area contributed by atoms with Gasteiger partial charge < -0.3 is 5.32 Å². The maximum Gasteiger partial charge on any atom is 0.453 e. The summed E-state index contributed by atoms with van der Waals surface area (Å²) in [4.78, 5) is 3.54. The van der Waals surface area contributed by atoms with Gasteiger partial charge in [0.15, 0.2) is 0 Å². The number of benzene rings is 1. The number of aromatic nitrogens is 3. The lowest BCUT2D eigenvalue weighted by atomic mass is 10.0. The second kappa shape index (κ2) is 8.24. The summed E-state index contributed by atoms with van der Waals surface area (Å²) in [5.41, 5.74) is 2.86. The Labute approximate surface area is 163 Å². The molecule has 27 heavy (non-hydrogen) atoms. The van der Waals surface area contributed by atoms with Crippen LogP contribution in [0.4, 0.5) is 19.1 Å². The molecule has 1 fully saturated rings. The van der Waals surface area contributed by atoms with E-state index in [1.54, 1.807) is 0 Å². The van der Waals surface area contributed by atoms with Gasteiger partial charge in [-0.1, -0.05) is 19.1 Å². The van der Waals surface area contributed by atoms with Crippen LogP contribution in [0.15, 0.2) is 18.2 Å². The molecule has 0 saturated heterocycles. The Morgan fingerprint density at radius 2 is 1.89 bits per heavy atom. The first-order valence-corrected chi connectivity index (χ1v) is 11.1.